The number of phosphoric ester groups is 1. The Labute approximate surface area is 353 Å². The van der Waals surface area contributed by atoms with Gasteiger partial charge in [-0.25, -0.2) is 4.57 Å². The van der Waals surface area contributed by atoms with Crippen LogP contribution in [-0.2, 0) is 32.7 Å². The van der Waals surface area contributed by atoms with Gasteiger partial charge in [0.05, 0.1) is 19.8 Å². The summed E-state index contributed by atoms with van der Waals surface area (Å²) in [6, 6.07) is 0. The van der Waals surface area contributed by atoms with Gasteiger partial charge in [0.25, 0.3) is 0 Å². The Bertz CT molecular complexity index is 1110. The molecule has 0 aliphatic heterocycles. The van der Waals surface area contributed by atoms with E-state index in [9.17, 15) is 24.2 Å². The molecule has 0 bridgehead atoms. The number of hydrogen-bond acceptors (Lipinski definition) is 9. The average molecular weight is 841 g/mol. The van der Waals surface area contributed by atoms with Crippen LogP contribution in [0.15, 0.2) is 48.6 Å². The first kappa shape index (κ1) is 55.9. The van der Waals surface area contributed by atoms with Crippen LogP contribution in [0.5, 0.6) is 0 Å². The molecule has 11 heteroatoms. The summed E-state index contributed by atoms with van der Waals surface area (Å²) in [5.41, 5.74) is 0. The van der Waals surface area contributed by atoms with Crippen LogP contribution in [0.3, 0.4) is 0 Å². The molecule has 338 valence electrons. The summed E-state index contributed by atoms with van der Waals surface area (Å²) < 4.78 is 32.7. The molecule has 0 saturated carbocycles. The first-order chi connectivity index (χ1) is 28.2. The first-order valence-corrected chi connectivity index (χ1v) is 24.6. The predicted molar refractivity (Wildman–Crippen MR) is 237 cm³/mol. The second-order valence-electron chi connectivity index (χ2n) is 15.4. The summed E-state index contributed by atoms with van der Waals surface area (Å²) in [4.78, 5) is 35.0. The van der Waals surface area contributed by atoms with Gasteiger partial charge in [-0.15, -0.1) is 0 Å². The van der Waals surface area contributed by atoms with Crippen LogP contribution in [0, 0.1) is 0 Å². The SMILES string of the molecule is CCCCC/C=C\C/C=C\C/C=C\C/C=C\CCCC(=O)O[C@H](COC(=O)CCCCCCCCCCCCCCCCCCCC)COP(=O)(O)OC[C@@H](O)CO. The number of carbonyl (C=O) groups is 2. The maximum atomic E-state index is 12.6. The van der Waals surface area contributed by atoms with Crippen LogP contribution in [0.1, 0.15) is 200 Å². The molecule has 0 amide bonds. The third-order valence-corrected chi connectivity index (χ3v) is 10.7. The van der Waals surface area contributed by atoms with Gasteiger partial charge < -0.3 is 24.6 Å². The lowest BCUT2D eigenvalue weighted by molar-refractivity contribution is -0.161. The Hall–Kier alpha value is -2.07. The fourth-order valence-electron chi connectivity index (χ4n) is 6.16. The maximum Gasteiger partial charge on any atom is 0.472 e. The summed E-state index contributed by atoms with van der Waals surface area (Å²) in [5.74, 6) is -0.985. The van der Waals surface area contributed by atoms with Gasteiger partial charge in [0.15, 0.2) is 6.10 Å². The van der Waals surface area contributed by atoms with E-state index < -0.39 is 51.8 Å². The molecule has 0 spiro atoms. The average Bonchev–Trinajstić information content (AvgIpc) is 3.21. The molecule has 1 unspecified atom stereocenters. The Morgan fingerprint density at radius 1 is 0.517 bits per heavy atom. The zero-order chi connectivity index (χ0) is 42.6. The van der Waals surface area contributed by atoms with E-state index in [2.05, 4.69) is 54.8 Å². The topological polar surface area (TPSA) is 149 Å². The van der Waals surface area contributed by atoms with E-state index in [0.29, 0.717) is 19.3 Å². The number of esters is 2. The van der Waals surface area contributed by atoms with Crippen molar-refractivity contribution in [2.75, 3.05) is 26.4 Å². The third kappa shape index (κ3) is 42.1. The Morgan fingerprint density at radius 3 is 1.40 bits per heavy atom. The van der Waals surface area contributed by atoms with E-state index in [1.165, 1.54) is 109 Å². The number of hydrogen-bond donors (Lipinski definition) is 3. The number of carbonyl (C=O) groups excluding carboxylic acids is 2. The van der Waals surface area contributed by atoms with Crippen LogP contribution in [0.2, 0.25) is 0 Å². The van der Waals surface area contributed by atoms with E-state index in [0.717, 1.165) is 44.9 Å². The lowest BCUT2D eigenvalue weighted by Crippen LogP contribution is -2.29. The molecule has 58 heavy (non-hydrogen) atoms. The van der Waals surface area contributed by atoms with Gasteiger partial charge in [-0.05, 0) is 51.4 Å². The van der Waals surface area contributed by atoms with E-state index in [1.807, 2.05) is 12.2 Å². The number of aliphatic hydroxyl groups excluding tert-OH is 2. The van der Waals surface area contributed by atoms with E-state index in [-0.39, 0.29) is 19.4 Å². The van der Waals surface area contributed by atoms with Crippen molar-refractivity contribution in [2.45, 2.75) is 212 Å². The van der Waals surface area contributed by atoms with Gasteiger partial charge in [-0.1, -0.05) is 184 Å². The zero-order valence-electron chi connectivity index (χ0n) is 36.8. The summed E-state index contributed by atoms with van der Waals surface area (Å²) >= 11 is 0. The number of phosphoric acid groups is 1. The number of rotatable bonds is 43. The minimum absolute atomic E-state index is 0.109. The minimum Gasteiger partial charge on any atom is -0.462 e. The van der Waals surface area contributed by atoms with Gasteiger partial charge in [0.2, 0.25) is 0 Å². The zero-order valence-corrected chi connectivity index (χ0v) is 37.6. The lowest BCUT2D eigenvalue weighted by Gasteiger charge is -2.20. The van der Waals surface area contributed by atoms with Gasteiger partial charge in [0.1, 0.15) is 12.7 Å². The molecule has 3 atom stereocenters. The van der Waals surface area contributed by atoms with Crippen molar-refractivity contribution in [2.24, 2.45) is 0 Å². The molecular formula is C47H85O10P. The lowest BCUT2D eigenvalue weighted by atomic mass is 10.0. The van der Waals surface area contributed by atoms with Gasteiger partial charge in [-0.2, -0.15) is 0 Å². The van der Waals surface area contributed by atoms with Crippen LogP contribution >= 0.6 is 7.82 Å². The van der Waals surface area contributed by atoms with E-state index in [1.54, 1.807) is 0 Å². The highest BCUT2D eigenvalue weighted by atomic mass is 31.2. The molecule has 0 fully saturated rings. The number of unbranched alkanes of at least 4 members (excludes halogenated alkanes) is 21. The summed E-state index contributed by atoms with van der Waals surface area (Å²) in [7, 11) is -4.63. The van der Waals surface area contributed by atoms with Crippen LogP contribution < -0.4 is 0 Å². The smallest absolute Gasteiger partial charge is 0.462 e. The van der Waals surface area contributed by atoms with Crippen molar-refractivity contribution in [3.05, 3.63) is 48.6 Å². The highest BCUT2D eigenvalue weighted by Crippen LogP contribution is 2.43. The van der Waals surface area contributed by atoms with Crippen molar-refractivity contribution in [3.63, 3.8) is 0 Å². The molecule has 0 aromatic carbocycles. The van der Waals surface area contributed by atoms with Gasteiger partial charge in [-0.3, -0.25) is 18.6 Å². The molecule has 0 aromatic heterocycles. The fourth-order valence-corrected chi connectivity index (χ4v) is 6.95. The normalized spacial score (nSPS) is 14.2. The molecule has 0 rings (SSSR count). The van der Waals surface area contributed by atoms with Crippen molar-refractivity contribution < 1.29 is 47.8 Å². The Balaban J connectivity index is 4.32. The molecule has 0 aromatic rings. The number of aliphatic hydroxyl groups is 2. The fraction of sp³-hybridized carbons (Fsp3) is 0.787. The molecular weight excluding hydrogens is 755 g/mol. The summed E-state index contributed by atoms with van der Waals surface area (Å²) in [5, 5.41) is 18.3. The van der Waals surface area contributed by atoms with E-state index in [4.69, 9.17) is 19.1 Å². The molecule has 0 aliphatic carbocycles. The van der Waals surface area contributed by atoms with Crippen molar-refractivity contribution in [1.29, 1.82) is 0 Å². The van der Waals surface area contributed by atoms with Crippen LogP contribution in [0.4, 0.5) is 0 Å². The summed E-state index contributed by atoms with van der Waals surface area (Å²) in [6.45, 7) is 2.31. The van der Waals surface area contributed by atoms with Gasteiger partial charge in [0, 0.05) is 12.8 Å². The second-order valence-corrected chi connectivity index (χ2v) is 16.9. The standard InChI is InChI=1S/C47H85O10P/c1-3-5-7-9-11-13-15-17-19-21-23-24-26-28-30-32-34-36-38-46(50)54-42-45(43-56-58(52,53)55-41-44(49)40-48)57-47(51)39-37-35-33-31-29-27-25-22-20-18-16-14-12-10-8-6-4-2/h12,14,18,20,25,27,31,33,44-45,48-49H,3-11,13,15-17,19,21-24,26,28-30,32,34-43H2,1-2H3,(H,52,53)/b14-12-,20-18-,27-25-,33-31-/t44-,45+/m0/s1. The number of allylic oxidation sites excluding steroid dienone is 8. The van der Waals surface area contributed by atoms with Crippen molar-refractivity contribution >= 4 is 19.8 Å². The van der Waals surface area contributed by atoms with Crippen molar-refractivity contribution in [3.8, 4) is 0 Å². The molecule has 0 saturated heterocycles. The molecule has 0 aliphatic rings. The van der Waals surface area contributed by atoms with Gasteiger partial charge >= 0.3 is 19.8 Å². The first-order valence-electron chi connectivity index (χ1n) is 23.1. The maximum absolute atomic E-state index is 12.6. The Morgan fingerprint density at radius 2 is 0.914 bits per heavy atom. The number of ether oxygens (including phenoxy) is 2. The molecule has 3 N–H and O–H groups in total. The molecule has 0 radical (unpaired) electrons. The Kier molecular flexibility index (Phi) is 41.5. The quantitative estimate of drug-likeness (QED) is 0.0234. The largest absolute Gasteiger partial charge is 0.472 e. The highest BCUT2D eigenvalue weighted by Gasteiger charge is 2.27. The summed E-state index contributed by atoms with van der Waals surface area (Å²) in [6.07, 6.45) is 46.5. The van der Waals surface area contributed by atoms with Crippen LogP contribution in [0.25, 0.3) is 0 Å². The van der Waals surface area contributed by atoms with Crippen LogP contribution in [-0.4, -0.2) is 65.7 Å². The molecule has 0 heterocycles. The minimum atomic E-state index is -4.63. The highest BCUT2D eigenvalue weighted by molar-refractivity contribution is 7.47. The third-order valence-electron chi connectivity index (χ3n) is 9.74. The molecule has 10 nitrogen and oxygen atoms in total. The second kappa shape index (κ2) is 43.0. The van der Waals surface area contributed by atoms with E-state index >= 15 is 0 Å². The van der Waals surface area contributed by atoms with Crippen molar-refractivity contribution in [1.82, 2.24) is 0 Å². The predicted octanol–water partition coefficient (Wildman–Crippen LogP) is 12.5. The monoisotopic (exact) mass is 841 g/mol.